The smallest absolute Gasteiger partial charge is 0.245 e. The number of hydrogen-bond donors (Lipinski definition) is 0. The summed E-state index contributed by atoms with van der Waals surface area (Å²) in [4.78, 5) is 2.57. The summed E-state index contributed by atoms with van der Waals surface area (Å²) >= 11 is 0. The van der Waals surface area contributed by atoms with Crippen LogP contribution in [0.5, 0.6) is 0 Å². The van der Waals surface area contributed by atoms with Crippen LogP contribution in [0.25, 0.3) is 11.0 Å². The number of benzene rings is 1. The standard InChI is InChI=1S/C13H16N4O3S/c18-21(19,12-5-1-4-11-13(12)15-20-14-11)17-8-7-16-6-2-3-10(16)9-17/h1,4-5,10H,2-3,6-9H2. The Morgan fingerprint density at radius 2 is 2.10 bits per heavy atom. The van der Waals surface area contributed by atoms with Gasteiger partial charge in [0.2, 0.25) is 10.0 Å². The molecule has 0 bridgehead atoms. The van der Waals surface area contributed by atoms with Crippen molar-refractivity contribution >= 4 is 21.1 Å². The van der Waals surface area contributed by atoms with Crippen LogP contribution in [0, 0.1) is 0 Å². The van der Waals surface area contributed by atoms with Crippen LogP contribution in [0.3, 0.4) is 0 Å². The Bertz CT molecular complexity index is 773. The molecule has 2 saturated heterocycles. The van der Waals surface area contributed by atoms with Crippen LogP contribution in [-0.2, 0) is 10.0 Å². The molecule has 0 radical (unpaired) electrons. The van der Waals surface area contributed by atoms with E-state index in [1.165, 1.54) is 0 Å². The molecule has 2 aliphatic heterocycles. The number of hydrogen-bond acceptors (Lipinski definition) is 6. The lowest BCUT2D eigenvalue weighted by atomic mass is 10.2. The Labute approximate surface area is 122 Å². The monoisotopic (exact) mass is 308 g/mol. The van der Waals surface area contributed by atoms with Crippen molar-refractivity contribution in [3.63, 3.8) is 0 Å². The van der Waals surface area contributed by atoms with Crippen molar-refractivity contribution in [2.45, 2.75) is 23.8 Å². The van der Waals surface area contributed by atoms with Gasteiger partial charge in [-0.25, -0.2) is 13.0 Å². The minimum absolute atomic E-state index is 0.188. The van der Waals surface area contributed by atoms with Crippen LogP contribution in [0.4, 0.5) is 0 Å². The second-order valence-corrected chi connectivity index (χ2v) is 7.49. The summed E-state index contributed by atoms with van der Waals surface area (Å²) in [5, 5.41) is 7.46. The fourth-order valence-electron chi connectivity index (χ4n) is 3.31. The molecule has 0 spiro atoms. The molecular formula is C13H16N4O3S. The molecule has 4 rings (SSSR count). The average molecular weight is 308 g/mol. The molecule has 0 amide bonds. The van der Waals surface area contributed by atoms with E-state index >= 15 is 0 Å². The van der Waals surface area contributed by atoms with Crippen LogP contribution >= 0.6 is 0 Å². The SMILES string of the molecule is O=S(=O)(c1cccc2nonc12)N1CCN2CCCC2C1. The first-order chi connectivity index (χ1) is 10.2. The number of aromatic nitrogens is 2. The second-order valence-electron chi connectivity index (χ2n) is 5.58. The molecule has 8 heteroatoms. The van der Waals surface area contributed by atoms with E-state index in [0.717, 1.165) is 25.9 Å². The fraction of sp³-hybridized carbons (Fsp3) is 0.538. The Balaban J connectivity index is 1.71. The third kappa shape index (κ3) is 2.05. The Hall–Kier alpha value is -1.51. The van der Waals surface area contributed by atoms with E-state index in [1.54, 1.807) is 22.5 Å². The van der Waals surface area contributed by atoms with Gasteiger partial charge in [0.1, 0.15) is 10.4 Å². The minimum atomic E-state index is -3.55. The average Bonchev–Trinajstić information content (AvgIpc) is 3.14. The molecule has 0 N–H and O–H groups in total. The molecular weight excluding hydrogens is 292 g/mol. The predicted molar refractivity (Wildman–Crippen MR) is 75.2 cm³/mol. The molecule has 2 aromatic rings. The van der Waals surface area contributed by atoms with Crippen molar-refractivity contribution in [2.24, 2.45) is 0 Å². The third-order valence-corrected chi connectivity index (χ3v) is 6.31. The molecule has 1 aromatic heterocycles. The van der Waals surface area contributed by atoms with E-state index in [0.29, 0.717) is 30.2 Å². The number of fused-ring (bicyclic) bond motifs is 2. The number of rotatable bonds is 2. The number of piperazine rings is 1. The highest BCUT2D eigenvalue weighted by atomic mass is 32.2. The van der Waals surface area contributed by atoms with Crippen LogP contribution < -0.4 is 0 Å². The fourth-order valence-corrected chi connectivity index (χ4v) is 4.91. The van der Waals surface area contributed by atoms with Gasteiger partial charge >= 0.3 is 0 Å². The van der Waals surface area contributed by atoms with Crippen molar-refractivity contribution < 1.29 is 13.0 Å². The zero-order valence-electron chi connectivity index (χ0n) is 11.5. The highest BCUT2D eigenvalue weighted by molar-refractivity contribution is 7.89. The molecule has 7 nitrogen and oxygen atoms in total. The van der Waals surface area contributed by atoms with Crippen molar-refractivity contribution in [1.82, 2.24) is 19.5 Å². The van der Waals surface area contributed by atoms with Crippen molar-refractivity contribution in [1.29, 1.82) is 0 Å². The molecule has 2 aliphatic rings. The summed E-state index contributed by atoms with van der Waals surface area (Å²) < 4.78 is 32.0. The molecule has 1 aromatic carbocycles. The zero-order valence-corrected chi connectivity index (χ0v) is 12.3. The van der Waals surface area contributed by atoms with Gasteiger partial charge in [-0.1, -0.05) is 6.07 Å². The van der Waals surface area contributed by atoms with Gasteiger partial charge in [-0.3, -0.25) is 4.90 Å². The molecule has 21 heavy (non-hydrogen) atoms. The van der Waals surface area contributed by atoms with E-state index in [1.807, 2.05) is 0 Å². The first kappa shape index (κ1) is 13.2. The predicted octanol–water partition coefficient (Wildman–Crippen LogP) is 0.692. The van der Waals surface area contributed by atoms with Gasteiger partial charge in [0.15, 0.2) is 5.52 Å². The van der Waals surface area contributed by atoms with Crippen molar-refractivity contribution in [3.05, 3.63) is 18.2 Å². The van der Waals surface area contributed by atoms with E-state index in [2.05, 4.69) is 19.8 Å². The third-order valence-electron chi connectivity index (χ3n) is 4.42. The van der Waals surface area contributed by atoms with E-state index < -0.39 is 10.0 Å². The van der Waals surface area contributed by atoms with E-state index in [9.17, 15) is 8.42 Å². The maximum Gasteiger partial charge on any atom is 0.245 e. The van der Waals surface area contributed by atoms with Crippen LogP contribution in [0.2, 0.25) is 0 Å². The van der Waals surface area contributed by atoms with Crippen LogP contribution in [0.15, 0.2) is 27.7 Å². The largest absolute Gasteiger partial charge is 0.298 e. The first-order valence-corrected chi connectivity index (χ1v) is 8.56. The minimum Gasteiger partial charge on any atom is -0.298 e. The van der Waals surface area contributed by atoms with Gasteiger partial charge in [0.05, 0.1) is 0 Å². The highest BCUT2D eigenvalue weighted by Gasteiger charge is 2.37. The summed E-state index contributed by atoms with van der Waals surface area (Å²) in [6.07, 6.45) is 2.23. The van der Waals surface area contributed by atoms with Crippen LogP contribution in [0.1, 0.15) is 12.8 Å². The Kier molecular flexibility index (Phi) is 2.98. The maximum atomic E-state index is 12.9. The highest BCUT2D eigenvalue weighted by Crippen LogP contribution is 2.28. The Morgan fingerprint density at radius 3 is 3.00 bits per heavy atom. The summed E-state index contributed by atoms with van der Waals surface area (Å²) in [6.45, 7) is 2.97. The number of nitrogens with zero attached hydrogens (tertiary/aromatic N) is 4. The zero-order chi connectivity index (χ0) is 14.4. The normalized spacial score (nSPS) is 24.5. The van der Waals surface area contributed by atoms with Gasteiger partial charge in [-0.2, -0.15) is 4.31 Å². The van der Waals surface area contributed by atoms with Gasteiger partial charge in [-0.15, -0.1) is 0 Å². The lowest BCUT2D eigenvalue weighted by Crippen LogP contribution is -2.51. The van der Waals surface area contributed by atoms with Crippen LogP contribution in [-0.4, -0.2) is 60.2 Å². The van der Waals surface area contributed by atoms with Gasteiger partial charge in [0.25, 0.3) is 0 Å². The second kappa shape index (κ2) is 4.75. The molecule has 112 valence electrons. The van der Waals surface area contributed by atoms with Crippen molar-refractivity contribution in [3.8, 4) is 0 Å². The van der Waals surface area contributed by atoms with Gasteiger partial charge < -0.3 is 0 Å². The lowest BCUT2D eigenvalue weighted by Gasteiger charge is -2.36. The summed E-state index contributed by atoms with van der Waals surface area (Å²) in [7, 11) is -3.55. The summed E-state index contributed by atoms with van der Waals surface area (Å²) in [5.41, 5.74) is 0.780. The first-order valence-electron chi connectivity index (χ1n) is 7.12. The summed E-state index contributed by atoms with van der Waals surface area (Å²) in [6, 6.07) is 5.29. The van der Waals surface area contributed by atoms with Gasteiger partial charge in [0, 0.05) is 25.7 Å². The maximum absolute atomic E-state index is 12.9. The molecule has 0 saturated carbocycles. The van der Waals surface area contributed by atoms with Crippen molar-refractivity contribution in [2.75, 3.05) is 26.2 Å². The molecule has 0 aliphatic carbocycles. The topological polar surface area (TPSA) is 79.5 Å². The summed E-state index contributed by atoms with van der Waals surface area (Å²) in [5.74, 6) is 0. The van der Waals surface area contributed by atoms with Gasteiger partial charge in [-0.05, 0) is 41.8 Å². The van der Waals surface area contributed by atoms with E-state index in [-0.39, 0.29) is 4.90 Å². The Morgan fingerprint density at radius 1 is 1.19 bits per heavy atom. The quantitative estimate of drug-likeness (QED) is 0.812. The molecule has 3 heterocycles. The molecule has 2 fully saturated rings. The van der Waals surface area contributed by atoms with E-state index in [4.69, 9.17) is 0 Å². The lowest BCUT2D eigenvalue weighted by molar-refractivity contribution is 0.158. The molecule has 1 unspecified atom stereocenters. The number of sulfonamides is 1. The molecule has 1 atom stereocenters.